The predicted octanol–water partition coefficient (Wildman–Crippen LogP) is 6.37. The van der Waals surface area contributed by atoms with E-state index in [0.29, 0.717) is 12.4 Å². The second-order valence-corrected chi connectivity index (χ2v) is 11.7. The van der Waals surface area contributed by atoms with Gasteiger partial charge in [-0.25, -0.2) is 18.7 Å². The van der Waals surface area contributed by atoms with Crippen molar-refractivity contribution >= 4 is 34.1 Å². The molecule has 5 aromatic rings. The Morgan fingerprint density at radius 1 is 1.15 bits per heavy atom. The van der Waals surface area contributed by atoms with E-state index in [9.17, 15) is 22.8 Å². The van der Waals surface area contributed by atoms with Crippen LogP contribution in [0.4, 0.5) is 27.6 Å². The molecule has 1 amide bonds. The summed E-state index contributed by atoms with van der Waals surface area (Å²) >= 11 is 0. The van der Waals surface area contributed by atoms with E-state index in [1.54, 1.807) is 14.0 Å². The van der Waals surface area contributed by atoms with E-state index in [1.165, 1.54) is 40.5 Å². The number of ketones is 1. The molecule has 1 aliphatic carbocycles. The SMILES string of the molecule is COc1c(-c2cccn3c(C(=O)c4cc(F)c(NC(=O)/C=C/CNC5(C)CC5)c(F)c4)cnc23)c(C(F)(F)F)cc2c1nc(C)n2C. The zero-order chi connectivity index (χ0) is 33.8. The third kappa shape index (κ3) is 5.84. The number of imidazole rings is 2. The van der Waals surface area contributed by atoms with E-state index >= 15 is 8.78 Å². The number of aryl methyl sites for hydroxylation is 2. The van der Waals surface area contributed by atoms with Crippen LogP contribution in [0, 0.1) is 18.6 Å². The fourth-order valence-corrected chi connectivity index (χ4v) is 5.44. The molecule has 0 atom stereocenters. The van der Waals surface area contributed by atoms with Gasteiger partial charge in [-0.05, 0) is 57.0 Å². The summed E-state index contributed by atoms with van der Waals surface area (Å²) in [7, 11) is 2.83. The molecule has 9 nitrogen and oxygen atoms in total. The normalized spacial score (nSPS) is 14.3. The lowest BCUT2D eigenvalue weighted by Crippen LogP contribution is -2.27. The van der Waals surface area contributed by atoms with E-state index in [2.05, 4.69) is 20.6 Å². The molecule has 1 aliphatic rings. The fourth-order valence-electron chi connectivity index (χ4n) is 5.44. The smallest absolute Gasteiger partial charge is 0.417 e. The number of carbonyl (C=O) groups is 2. The summed E-state index contributed by atoms with van der Waals surface area (Å²) in [5, 5.41) is 5.39. The first-order valence-electron chi connectivity index (χ1n) is 14.6. The van der Waals surface area contributed by atoms with Crippen molar-refractivity contribution in [1.29, 1.82) is 0 Å². The minimum atomic E-state index is -4.80. The van der Waals surface area contributed by atoms with E-state index in [1.807, 2.05) is 6.92 Å². The molecule has 2 N–H and O–H groups in total. The highest BCUT2D eigenvalue weighted by Gasteiger charge is 2.38. The lowest BCUT2D eigenvalue weighted by molar-refractivity contribution is -0.137. The number of anilines is 1. The first-order chi connectivity index (χ1) is 22.2. The number of alkyl halides is 3. The molecular formula is C33H29F5N6O3. The number of nitrogens with one attached hydrogen (secondary N) is 2. The maximum absolute atomic E-state index is 15.0. The number of hydrogen-bond donors (Lipinski definition) is 2. The van der Waals surface area contributed by atoms with E-state index < -0.39 is 46.3 Å². The summed E-state index contributed by atoms with van der Waals surface area (Å²) in [6.45, 7) is 4.10. The van der Waals surface area contributed by atoms with E-state index in [0.717, 1.165) is 43.3 Å². The quantitative estimate of drug-likeness (QED) is 0.109. The van der Waals surface area contributed by atoms with Gasteiger partial charge in [0.25, 0.3) is 0 Å². The average Bonchev–Trinajstić information content (AvgIpc) is 3.47. The van der Waals surface area contributed by atoms with Crippen molar-refractivity contribution in [3.63, 3.8) is 0 Å². The zero-order valence-corrected chi connectivity index (χ0v) is 25.7. The van der Waals surface area contributed by atoms with Gasteiger partial charge in [0.2, 0.25) is 11.7 Å². The number of nitrogens with zero attached hydrogens (tertiary/aromatic N) is 4. The zero-order valence-electron chi connectivity index (χ0n) is 25.7. The van der Waals surface area contributed by atoms with Crippen molar-refractivity contribution in [3.05, 3.63) is 89.2 Å². The molecule has 6 rings (SSSR count). The third-order valence-electron chi connectivity index (χ3n) is 8.37. The number of aromatic nitrogens is 4. The molecule has 0 bridgehead atoms. The Balaban J connectivity index is 1.35. The average molecular weight is 653 g/mol. The van der Waals surface area contributed by atoms with Crippen LogP contribution in [-0.2, 0) is 18.0 Å². The van der Waals surface area contributed by atoms with Gasteiger partial charge in [0.05, 0.1) is 24.4 Å². The maximum Gasteiger partial charge on any atom is 0.417 e. The number of benzene rings is 2. The number of methoxy groups -OCH3 is 1. The molecule has 14 heteroatoms. The van der Waals surface area contributed by atoms with Gasteiger partial charge in [-0.3, -0.25) is 14.0 Å². The number of hydrogen-bond acceptors (Lipinski definition) is 6. The monoisotopic (exact) mass is 652 g/mol. The van der Waals surface area contributed by atoms with Gasteiger partial charge in [-0.15, -0.1) is 0 Å². The predicted molar refractivity (Wildman–Crippen MR) is 164 cm³/mol. The Morgan fingerprint density at radius 3 is 2.49 bits per heavy atom. The molecule has 3 heterocycles. The minimum absolute atomic E-state index is 0.00848. The topological polar surface area (TPSA) is 103 Å². The van der Waals surface area contributed by atoms with Crippen LogP contribution >= 0.6 is 0 Å². The maximum atomic E-state index is 15.0. The molecule has 2 aromatic carbocycles. The van der Waals surface area contributed by atoms with Crippen LogP contribution < -0.4 is 15.4 Å². The van der Waals surface area contributed by atoms with Crippen molar-refractivity contribution in [2.75, 3.05) is 19.0 Å². The second kappa shape index (κ2) is 11.6. The number of carbonyl (C=O) groups excluding carboxylic acids is 2. The lowest BCUT2D eigenvalue weighted by atomic mass is 9.97. The highest BCUT2D eigenvalue weighted by atomic mass is 19.4. The first-order valence-corrected chi connectivity index (χ1v) is 14.6. The molecule has 47 heavy (non-hydrogen) atoms. The first kappa shape index (κ1) is 31.9. The van der Waals surface area contributed by atoms with Crippen LogP contribution in [0.1, 0.15) is 47.2 Å². The standard InChI is InChI=1S/C33H29F5N6O3/c1-17-41-28-23(43(17)3)15-20(33(36,37)38)26(30(28)47-4)19-7-6-12-44-24(16-39-31(19)44)29(46)18-13-21(34)27(22(35)14-18)42-25(45)8-5-11-40-32(2)9-10-32/h5-8,12-16,40H,9-11H2,1-4H3,(H,42,45)/b8-5+. The minimum Gasteiger partial charge on any atom is -0.494 e. The van der Waals surface area contributed by atoms with Gasteiger partial charge in [-0.2, -0.15) is 13.2 Å². The molecule has 0 radical (unpaired) electrons. The van der Waals surface area contributed by atoms with Gasteiger partial charge >= 0.3 is 6.18 Å². The van der Waals surface area contributed by atoms with Crippen LogP contribution in [0.5, 0.6) is 5.75 Å². The Kier molecular flexibility index (Phi) is 7.86. The fraction of sp³-hybridized carbons (Fsp3) is 0.273. The number of ether oxygens (including phenoxy) is 1. The summed E-state index contributed by atoms with van der Waals surface area (Å²) in [6.07, 6.45) is 2.44. The number of halogens is 5. The van der Waals surface area contributed by atoms with Crippen LogP contribution in [0.15, 0.2) is 54.9 Å². The summed E-state index contributed by atoms with van der Waals surface area (Å²) in [5.74, 6) is -3.66. The third-order valence-corrected chi connectivity index (χ3v) is 8.37. The van der Waals surface area contributed by atoms with E-state index in [4.69, 9.17) is 4.74 Å². The molecule has 0 unspecified atom stereocenters. The molecular weight excluding hydrogens is 623 g/mol. The van der Waals surface area contributed by atoms with Gasteiger partial charge < -0.3 is 19.9 Å². The van der Waals surface area contributed by atoms with Crippen molar-refractivity contribution in [2.45, 2.75) is 38.4 Å². The molecule has 1 saturated carbocycles. The van der Waals surface area contributed by atoms with Gasteiger partial charge in [0, 0.05) is 48.1 Å². The number of pyridine rings is 1. The largest absolute Gasteiger partial charge is 0.494 e. The highest BCUT2D eigenvalue weighted by Crippen LogP contribution is 2.47. The number of rotatable bonds is 9. The lowest BCUT2D eigenvalue weighted by Gasteiger charge is -2.18. The van der Waals surface area contributed by atoms with Crippen LogP contribution in [0.2, 0.25) is 0 Å². The Hall–Kier alpha value is -5.11. The summed E-state index contributed by atoms with van der Waals surface area (Å²) in [6, 6.07) is 5.34. The molecule has 244 valence electrons. The van der Waals surface area contributed by atoms with Crippen molar-refractivity contribution in [2.24, 2.45) is 7.05 Å². The molecule has 0 spiro atoms. The van der Waals surface area contributed by atoms with Crippen LogP contribution in [-0.4, -0.2) is 49.8 Å². The van der Waals surface area contributed by atoms with Crippen LogP contribution in [0.3, 0.4) is 0 Å². The van der Waals surface area contributed by atoms with Gasteiger partial charge in [0.15, 0.2) is 5.75 Å². The van der Waals surface area contributed by atoms with Gasteiger partial charge in [-0.1, -0.05) is 6.08 Å². The molecule has 3 aromatic heterocycles. The van der Waals surface area contributed by atoms with E-state index in [-0.39, 0.29) is 44.8 Å². The van der Waals surface area contributed by atoms with Crippen LogP contribution in [0.25, 0.3) is 27.8 Å². The summed E-state index contributed by atoms with van der Waals surface area (Å²) < 4.78 is 81.8. The van der Waals surface area contributed by atoms with Crippen molar-refractivity contribution in [3.8, 4) is 16.9 Å². The second-order valence-electron chi connectivity index (χ2n) is 11.7. The van der Waals surface area contributed by atoms with Crippen molar-refractivity contribution in [1.82, 2.24) is 24.3 Å². The Bertz CT molecular complexity index is 2090. The molecule has 0 saturated heterocycles. The van der Waals surface area contributed by atoms with Gasteiger partial charge in [0.1, 0.15) is 40.0 Å². The molecule has 0 aliphatic heterocycles. The van der Waals surface area contributed by atoms with Crippen molar-refractivity contribution < 1.29 is 36.3 Å². The number of amides is 1. The Morgan fingerprint density at radius 2 is 1.85 bits per heavy atom. The number of fused-ring (bicyclic) bond motifs is 2. The Labute approximate surface area is 265 Å². The highest BCUT2D eigenvalue weighted by molar-refractivity contribution is 6.09. The summed E-state index contributed by atoms with van der Waals surface area (Å²) in [5.41, 5.74) is -2.20. The molecule has 1 fully saturated rings. The summed E-state index contributed by atoms with van der Waals surface area (Å²) in [4.78, 5) is 34.4.